The third-order valence-corrected chi connectivity index (χ3v) is 6.15. The van der Waals surface area contributed by atoms with Crippen LogP contribution in [-0.4, -0.2) is 31.9 Å². The fourth-order valence-electron chi connectivity index (χ4n) is 4.35. The number of carbonyl (C=O) groups excluding carboxylic acids is 2. The van der Waals surface area contributed by atoms with Gasteiger partial charge in [0.1, 0.15) is 11.4 Å². The predicted molar refractivity (Wildman–Crippen MR) is 106 cm³/mol. The minimum atomic E-state index is -0.848. The van der Waals surface area contributed by atoms with E-state index in [4.69, 9.17) is 11.6 Å². The van der Waals surface area contributed by atoms with Gasteiger partial charge in [0.25, 0.3) is 5.91 Å². The first-order valence-electron chi connectivity index (χ1n) is 9.29. The summed E-state index contributed by atoms with van der Waals surface area (Å²) in [4.78, 5) is 31.8. The first-order valence-corrected chi connectivity index (χ1v) is 9.66. The molecule has 0 bridgehead atoms. The minimum absolute atomic E-state index is 0.136. The normalized spacial score (nSPS) is 21.4. The van der Waals surface area contributed by atoms with Crippen molar-refractivity contribution in [2.45, 2.75) is 31.3 Å². The van der Waals surface area contributed by atoms with Gasteiger partial charge in [0, 0.05) is 18.5 Å². The van der Waals surface area contributed by atoms with Crippen LogP contribution in [0.25, 0.3) is 11.0 Å². The third-order valence-electron chi connectivity index (χ3n) is 5.91. The highest BCUT2D eigenvalue weighted by Crippen LogP contribution is 2.34. The number of rotatable bonds is 2. The van der Waals surface area contributed by atoms with Gasteiger partial charge in [0.15, 0.2) is 0 Å². The Morgan fingerprint density at radius 1 is 1.18 bits per heavy atom. The number of hydrogen-bond acceptors (Lipinski definition) is 3. The molecule has 5 rings (SSSR count). The van der Waals surface area contributed by atoms with Crippen LogP contribution in [0.5, 0.6) is 0 Å². The van der Waals surface area contributed by atoms with Crippen molar-refractivity contribution in [1.29, 1.82) is 0 Å². The van der Waals surface area contributed by atoms with Crippen molar-refractivity contribution in [3.63, 3.8) is 0 Å². The van der Waals surface area contributed by atoms with Crippen molar-refractivity contribution < 1.29 is 9.59 Å². The van der Waals surface area contributed by atoms with Crippen molar-refractivity contribution in [3.8, 4) is 0 Å². The molecule has 1 atom stereocenters. The molecule has 1 aliphatic heterocycles. The van der Waals surface area contributed by atoms with Gasteiger partial charge in [0.05, 0.1) is 17.6 Å². The van der Waals surface area contributed by atoms with E-state index in [1.54, 1.807) is 12.1 Å². The van der Waals surface area contributed by atoms with E-state index < -0.39 is 5.54 Å². The van der Waals surface area contributed by atoms with E-state index in [1.807, 2.05) is 35.9 Å². The highest BCUT2D eigenvalue weighted by atomic mass is 35.5. The predicted octanol–water partition coefficient (Wildman–Crippen LogP) is 3.21. The molecule has 0 radical (unpaired) electrons. The van der Waals surface area contributed by atoms with Crippen LogP contribution in [0.2, 0.25) is 5.02 Å². The molecule has 7 heteroatoms. The molecule has 3 aromatic rings. The lowest BCUT2D eigenvalue weighted by molar-refractivity contribution is -0.132. The van der Waals surface area contributed by atoms with Gasteiger partial charge >= 0.3 is 6.03 Å². The van der Waals surface area contributed by atoms with E-state index in [-0.39, 0.29) is 18.5 Å². The molecule has 1 aliphatic carbocycles. The quantitative estimate of drug-likeness (QED) is 0.679. The van der Waals surface area contributed by atoms with Crippen LogP contribution in [0.4, 0.5) is 4.79 Å². The molecule has 28 heavy (non-hydrogen) atoms. The summed E-state index contributed by atoms with van der Waals surface area (Å²) in [6.07, 6.45) is 1.92. The van der Waals surface area contributed by atoms with Crippen molar-refractivity contribution in [1.82, 2.24) is 19.8 Å². The maximum atomic E-state index is 13.3. The first kappa shape index (κ1) is 17.3. The van der Waals surface area contributed by atoms with E-state index in [1.165, 1.54) is 10.5 Å². The number of amides is 3. The fourth-order valence-corrected chi connectivity index (χ4v) is 4.52. The fraction of sp³-hybridized carbons (Fsp3) is 0.286. The first-order chi connectivity index (χ1) is 13.5. The van der Waals surface area contributed by atoms with Gasteiger partial charge in [0.2, 0.25) is 0 Å². The highest BCUT2D eigenvalue weighted by molar-refractivity contribution is 6.31. The van der Waals surface area contributed by atoms with E-state index >= 15 is 0 Å². The number of aromatic nitrogens is 2. The Morgan fingerprint density at radius 3 is 2.79 bits per heavy atom. The number of halogens is 1. The molecule has 1 fully saturated rings. The zero-order valence-electron chi connectivity index (χ0n) is 15.4. The SMILES string of the molecule is Cn1c(CN2C(=O)NC3(CCc4ccccc4C3)C2=O)nc2cc(Cl)ccc21. The van der Waals surface area contributed by atoms with Crippen LogP contribution in [0.1, 0.15) is 23.4 Å². The van der Waals surface area contributed by atoms with Gasteiger partial charge in [-0.25, -0.2) is 9.78 Å². The summed E-state index contributed by atoms with van der Waals surface area (Å²) in [5, 5.41) is 3.58. The zero-order valence-corrected chi connectivity index (χ0v) is 16.2. The molecule has 2 aliphatic rings. The third kappa shape index (κ3) is 2.52. The number of aryl methyl sites for hydroxylation is 2. The van der Waals surface area contributed by atoms with Crippen LogP contribution < -0.4 is 5.32 Å². The number of carbonyl (C=O) groups is 2. The smallest absolute Gasteiger partial charge is 0.325 e. The van der Waals surface area contributed by atoms with Gasteiger partial charge in [-0.3, -0.25) is 9.69 Å². The molecule has 1 saturated heterocycles. The minimum Gasteiger partial charge on any atom is -0.330 e. The standard InChI is InChI=1S/C21H19ClN4O2/c1-25-17-7-6-15(22)10-16(17)23-18(25)12-26-19(27)21(24-20(26)28)9-8-13-4-2-3-5-14(13)11-21/h2-7,10H,8-9,11-12H2,1H3,(H,24,28). The van der Waals surface area contributed by atoms with Gasteiger partial charge in [-0.05, 0) is 42.2 Å². The molecule has 1 aromatic heterocycles. The van der Waals surface area contributed by atoms with Crippen LogP contribution in [0, 0.1) is 0 Å². The van der Waals surface area contributed by atoms with Crippen LogP contribution in [0.3, 0.4) is 0 Å². The van der Waals surface area contributed by atoms with Crippen molar-refractivity contribution >= 4 is 34.6 Å². The Balaban J connectivity index is 1.45. The van der Waals surface area contributed by atoms with Gasteiger partial charge in [-0.15, -0.1) is 0 Å². The number of nitrogens with zero attached hydrogens (tertiary/aromatic N) is 3. The number of nitrogens with one attached hydrogen (secondary N) is 1. The Hall–Kier alpha value is -2.86. The molecular formula is C21H19ClN4O2. The molecule has 3 amide bonds. The van der Waals surface area contributed by atoms with Gasteiger partial charge in [-0.1, -0.05) is 35.9 Å². The monoisotopic (exact) mass is 394 g/mol. The number of fused-ring (bicyclic) bond motifs is 2. The van der Waals surface area contributed by atoms with Crippen molar-refractivity contribution in [2.75, 3.05) is 0 Å². The Kier molecular flexibility index (Phi) is 3.74. The second-order valence-corrected chi connectivity index (χ2v) is 8.01. The summed E-state index contributed by atoms with van der Waals surface area (Å²) in [6, 6.07) is 13.2. The lowest BCUT2D eigenvalue weighted by atomic mass is 9.78. The largest absolute Gasteiger partial charge is 0.330 e. The van der Waals surface area contributed by atoms with Crippen LogP contribution >= 0.6 is 11.6 Å². The molecule has 6 nitrogen and oxygen atoms in total. The number of urea groups is 1. The average molecular weight is 395 g/mol. The summed E-state index contributed by atoms with van der Waals surface area (Å²) in [5.41, 5.74) is 3.19. The second kappa shape index (κ2) is 6.07. The molecule has 142 valence electrons. The van der Waals surface area contributed by atoms with E-state index in [0.717, 1.165) is 23.0 Å². The number of hydrogen-bond donors (Lipinski definition) is 1. The molecule has 2 heterocycles. The second-order valence-electron chi connectivity index (χ2n) is 7.57. The van der Waals surface area contributed by atoms with Gasteiger partial charge < -0.3 is 9.88 Å². The van der Waals surface area contributed by atoms with Gasteiger partial charge in [-0.2, -0.15) is 0 Å². The number of benzene rings is 2. The number of imide groups is 1. The van der Waals surface area contributed by atoms with Crippen molar-refractivity contribution in [3.05, 3.63) is 64.4 Å². The Bertz CT molecular complexity index is 1140. The molecule has 2 aromatic carbocycles. The van der Waals surface area contributed by atoms with E-state index in [0.29, 0.717) is 23.7 Å². The van der Waals surface area contributed by atoms with E-state index in [2.05, 4.69) is 16.4 Å². The zero-order chi connectivity index (χ0) is 19.5. The maximum Gasteiger partial charge on any atom is 0.325 e. The van der Waals surface area contributed by atoms with E-state index in [9.17, 15) is 9.59 Å². The van der Waals surface area contributed by atoms with Crippen LogP contribution in [0.15, 0.2) is 42.5 Å². The molecule has 1 unspecified atom stereocenters. The Labute approximate surface area is 167 Å². The summed E-state index contributed by atoms with van der Waals surface area (Å²) in [6.45, 7) is 0.136. The molecule has 1 N–H and O–H groups in total. The van der Waals surface area contributed by atoms with Crippen molar-refractivity contribution in [2.24, 2.45) is 7.05 Å². The highest BCUT2D eigenvalue weighted by Gasteiger charge is 2.52. The maximum absolute atomic E-state index is 13.3. The molecule has 1 spiro atoms. The van der Waals surface area contributed by atoms with Crippen LogP contribution in [-0.2, 0) is 31.2 Å². The number of imidazole rings is 1. The molecular weight excluding hydrogens is 376 g/mol. The summed E-state index contributed by atoms with van der Waals surface area (Å²) < 4.78 is 1.90. The average Bonchev–Trinajstić information content (AvgIpc) is 3.10. The summed E-state index contributed by atoms with van der Waals surface area (Å²) >= 11 is 6.06. The summed E-state index contributed by atoms with van der Waals surface area (Å²) in [7, 11) is 1.88. The lowest BCUT2D eigenvalue weighted by Crippen LogP contribution is -2.51. The topological polar surface area (TPSA) is 67.2 Å². The lowest BCUT2D eigenvalue weighted by Gasteiger charge is -2.32. The molecule has 0 saturated carbocycles. The summed E-state index contributed by atoms with van der Waals surface area (Å²) in [5.74, 6) is 0.478. The Morgan fingerprint density at radius 2 is 1.96 bits per heavy atom.